The van der Waals surface area contributed by atoms with E-state index in [2.05, 4.69) is 16.0 Å². The molecule has 0 radical (unpaired) electrons. The highest BCUT2D eigenvalue weighted by molar-refractivity contribution is 8.00. The van der Waals surface area contributed by atoms with Crippen LogP contribution in [0, 0.1) is 12.3 Å². The molecule has 1 aromatic rings. The van der Waals surface area contributed by atoms with Crippen molar-refractivity contribution in [2.24, 2.45) is 0 Å². The molecule has 0 saturated heterocycles. The Bertz CT molecular complexity index is 585. The Labute approximate surface area is 136 Å². The SMILES string of the molecule is C#CCCSC(NCCC)NS(=O)(=O)c1cccc(Cl)c1. The lowest BCUT2D eigenvalue weighted by atomic mass is 10.4. The maximum atomic E-state index is 12.3. The predicted octanol–water partition coefficient (Wildman–Crippen LogP) is 2.66. The summed E-state index contributed by atoms with van der Waals surface area (Å²) in [4.78, 5) is 0.149. The molecule has 0 bridgehead atoms. The lowest BCUT2D eigenvalue weighted by molar-refractivity contribution is 0.556. The summed E-state index contributed by atoms with van der Waals surface area (Å²) in [6, 6.07) is 6.18. The highest BCUT2D eigenvalue weighted by atomic mass is 35.5. The summed E-state index contributed by atoms with van der Waals surface area (Å²) >= 11 is 7.27. The van der Waals surface area contributed by atoms with E-state index in [1.165, 1.54) is 23.9 Å². The normalized spacial score (nSPS) is 12.8. The van der Waals surface area contributed by atoms with Crippen molar-refractivity contribution < 1.29 is 8.42 Å². The third-order valence-corrected chi connectivity index (χ3v) is 5.34. The number of rotatable bonds is 9. The Balaban J connectivity index is 2.77. The van der Waals surface area contributed by atoms with Gasteiger partial charge in [-0.1, -0.05) is 24.6 Å². The van der Waals surface area contributed by atoms with E-state index in [0.29, 0.717) is 23.7 Å². The van der Waals surface area contributed by atoms with Crippen molar-refractivity contribution in [1.29, 1.82) is 0 Å². The fraction of sp³-hybridized carbons (Fsp3) is 0.429. The van der Waals surface area contributed by atoms with Crippen LogP contribution in [-0.4, -0.2) is 26.2 Å². The number of nitrogens with one attached hydrogen (secondary N) is 2. The van der Waals surface area contributed by atoms with Crippen LogP contribution in [0.4, 0.5) is 0 Å². The molecule has 0 aliphatic carbocycles. The summed E-state index contributed by atoms with van der Waals surface area (Å²) in [6.45, 7) is 2.73. The molecular weight excluding hydrogens is 328 g/mol. The average Bonchev–Trinajstić information content (AvgIpc) is 2.44. The molecule has 0 amide bonds. The Kier molecular flexibility index (Phi) is 8.15. The van der Waals surface area contributed by atoms with Crippen molar-refractivity contribution in [2.45, 2.75) is 30.2 Å². The first-order valence-corrected chi connectivity index (χ1v) is 9.47. The van der Waals surface area contributed by atoms with Gasteiger partial charge in [0.1, 0.15) is 5.50 Å². The van der Waals surface area contributed by atoms with E-state index in [9.17, 15) is 8.42 Å². The number of sulfonamides is 1. The summed E-state index contributed by atoms with van der Waals surface area (Å²) in [5.74, 6) is 3.21. The van der Waals surface area contributed by atoms with Gasteiger partial charge in [-0.3, -0.25) is 5.32 Å². The van der Waals surface area contributed by atoms with Crippen LogP contribution in [0.5, 0.6) is 0 Å². The first-order chi connectivity index (χ1) is 9.99. The molecule has 4 nitrogen and oxygen atoms in total. The first-order valence-electron chi connectivity index (χ1n) is 6.56. The van der Waals surface area contributed by atoms with Gasteiger partial charge in [0.05, 0.1) is 4.90 Å². The standard InChI is InChI=1S/C14H19ClN2O2S2/c1-3-5-10-20-14(16-9-4-2)17-21(18,19)13-8-6-7-12(15)11-13/h1,6-8,11,14,16-17H,4-5,9-10H2,2H3. The predicted molar refractivity (Wildman–Crippen MR) is 89.8 cm³/mol. The summed E-state index contributed by atoms with van der Waals surface area (Å²) in [6.07, 6.45) is 6.71. The minimum Gasteiger partial charge on any atom is -0.293 e. The van der Waals surface area contributed by atoms with Crippen molar-refractivity contribution in [3.05, 3.63) is 29.3 Å². The molecule has 0 spiro atoms. The van der Waals surface area contributed by atoms with Gasteiger partial charge in [0, 0.05) is 17.2 Å². The molecule has 0 aliphatic heterocycles. The van der Waals surface area contributed by atoms with Crippen LogP contribution < -0.4 is 10.0 Å². The number of terminal acetylenes is 1. The fourth-order valence-electron chi connectivity index (χ4n) is 1.49. The summed E-state index contributed by atoms with van der Waals surface area (Å²) < 4.78 is 27.3. The zero-order chi connectivity index (χ0) is 15.7. The Morgan fingerprint density at radius 3 is 2.86 bits per heavy atom. The third-order valence-electron chi connectivity index (χ3n) is 2.48. The van der Waals surface area contributed by atoms with Crippen LogP contribution in [0.25, 0.3) is 0 Å². The quantitative estimate of drug-likeness (QED) is 0.410. The van der Waals surface area contributed by atoms with Gasteiger partial charge in [0.25, 0.3) is 0 Å². The highest BCUT2D eigenvalue weighted by Crippen LogP contribution is 2.17. The van der Waals surface area contributed by atoms with E-state index < -0.39 is 15.5 Å². The number of hydrogen-bond donors (Lipinski definition) is 2. The van der Waals surface area contributed by atoms with Gasteiger partial charge in [0.2, 0.25) is 10.0 Å². The van der Waals surface area contributed by atoms with Crippen molar-refractivity contribution >= 4 is 33.4 Å². The van der Waals surface area contributed by atoms with E-state index in [4.69, 9.17) is 18.0 Å². The largest absolute Gasteiger partial charge is 0.293 e. The summed E-state index contributed by atoms with van der Waals surface area (Å²) in [7, 11) is -3.62. The van der Waals surface area contributed by atoms with Gasteiger partial charge in [-0.2, -0.15) is 4.72 Å². The minimum absolute atomic E-state index is 0.149. The van der Waals surface area contributed by atoms with Crippen LogP contribution in [0.2, 0.25) is 5.02 Å². The second kappa shape index (κ2) is 9.34. The molecule has 1 atom stereocenters. The van der Waals surface area contributed by atoms with Gasteiger partial charge in [-0.25, -0.2) is 8.42 Å². The minimum atomic E-state index is -3.62. The number of hydrogen-bond acceptors (Lipinski definition) is 4. The Morgan fingerprint density at radius 1 is 1.48 bits per heavy atom. The van der Waals surface area contributed by atoms with Gasteiger partial charge >= 0.3 is 0 Å². The molecule has 21 heavy (non-hydrogen) atoms. The maximum Gasteiger partial charge on any atom is 0.242 e. The van der Waals surface area contributed by atoms with Crippen molar-refractivity contribution in [3.8, 4) is 12.3 Å². The molecule has 0 saturated carbocycles. The zero-order valence-electron chi connectivity index (χ0n) is 11.8. The second-order valence-corrected chi connectivity index (χ2v) is 7.60. The van der Waals surface area contributed by atoms with E-state index in [0.717, 1.165) is 6.42 Å². The zero-order valence-corrected chi connectivity index (χ0v) is 14.2. The van der Waals surface area contributed by atoms with Gasteiger partial charge in [0.15, 0.2) is 0 Å². The molecule has 1 aromatic carbocycles. The van der Waals surface area contributed by atoms with Crippen LogP contribution in [0.15, 0.2) is 29.2 Å². The molecule has 7 heteroatoms. The van der Waals surface area contributed by atoms with Gasteiger partial charge in [-0.05, 0) is 31.2 Å². The van der Waals surface area contributed by atoms with E-state index in [-0.39, 0.29) is 4.90 Å². The van der Waals surface area contributed by atoms with Gasteiger partial charge < -0.3 is 0 Å². The van der Waals surface area contributed by atoms with Crippen molar-refractivity contribution in [3.63, 3.8) is 0 Å². The van der Waals surface area contributed by atoms with Crippen LogP contribution in [0.3, 0.4) is 0 Å². The molecular formula is C14H19ClN2O2S2. The molecule has 0 heterocycles. The van der Waals surface area contributed by atoms with Crippen molar-refractivity contribution in [1.82, 2.24) is 10.0 Å². The smallest absolute Gasteiger partial charge is 0.242 e. The molecule has 0 aromatic heterocycles. The second-order valence-electron chi connectivity index (χ2n) is 4.24. The lowest BCUT2D eigenvalue weighted by Crippen LogP contribution is -2.43. The summed E-state index contributed by atoms with van der Waals surface area (Å²) in [5.41, 5.74) is -0.415. The Hall–Kier alpha value is -0.710. The molecule has 1 rings (SSSR count). The molecule has 0 fully saturated rings. The molecule has 0 aliphatic rings. The van der Waals surface area contributed by atoms with Crippen LogP contribution in [0.1, 0.15) is 19.8 Å². The molecule has 2 N–H and O–H groups in total. The third kappa shape index (κ3) is 6.72. The van der Waals surface area contributed by atoms with E-state index in [1.54, 1.807) is 12.1 Å². The average molecular weight is 347 g/mol. The van der Waals surface area contributed by atoms with E-state index in [1.807, 2.05) is 6.92 Å². The highest BCUT2D eigenvalue weighted by Gasteiger charge is 2.20. The topological polar surface area (TPSA) is 58.2 Å². The monoisotopic (exact) mass is 346 g/mol. The number of thioether (sulfide) groups is 1. The first kappa shape index (κ1) is 18.3. The van der Waals surface area contributed by atoms with Gasteiger partial charge in [-0.15, -0.1) is 24.1 Å². The number of benzene rings is 1. The lowest BCUT2D eigenvalue weighted by Gasteiger charge is -2.19. The van der Waals surface area contributed by atoms with E-state index >= 15 is 0 Å². The molecule has 1 unspecified atom stereocenters. The fourth-order valence-corrected chi connectivity index (χ4v) is 4.14. The van der Waals surface area contributed by atoms with Crippen LogP contribution in [-0.2, 0) is 10.0 Å². The van der Waals surface area contributed by atoms with Crippen LogP contribution >= 0.6 is 23.4 Å². The molecule has 116 valence electrons. The van der Waals surface area contributed by atoms with Crippen molar-refractivity contribution in [2.75, 3.05) is 12.3 Å². The maximum absolute atomic E-state index is 12.3. The Morgan fingerprint density at radius 2 is 2.24 bits per heavy atom. The number of halogens is 1. The summed E-state index contributed by atoms with van der Waals surface area (Å²) in [5, 5.41) is 3.53.